The van der Waals surface area contributed by atoms with E-state index in [0.717, 1.165) is 5.56 Å². The molecule has 15 heteroatoms. The molecule has 15 nitrogen and oxygen atoms in total. The number of aliphatic hydroxyl groups is 8. The highest BCUT2D eigenvalue weighted by Crippen LogP contribution is 2.54. The first kappa shape index (κ1) is 34.5. The summed E-state index contributed by atoms with van der Waals surface area (Å²) in [5.41, 5.74) is 1.94. The van der Waals surface area contributed by atoms with Gasteiger partial charge in [0.1, 0.15) is 77.9 Å². The maximum atomic E-state index is 10.8. The minimum atomic E-state index is -1.73. The predicted molar refractivity (Wildman–Crippen MR) is 155 cm³/mol. The minimum Gasteiger partial charge on any atom is -0.497 e. The zero-order valence-electron chi connectivity index (χ0n) is 25.8. The number of aliphatic hydroxyl groups excluding tert-OH is 8. The SMILES string of the molecule is COc1ccc(C2CC(OC)c3c(c(C)c(O[C@@H]4O[C@H](CO)[C@@H](O)[C@H](O)[C@H]4O)c(C)c3O[C@@H]3O[C@H](CO)[C@@H](O)[C@H](O)[C@H]3O)O2)cc1. The van der Waals surface area contributed by atoms with E-state index in [1.54, 1.807) is 33.1 Å². The maximum absolute atomic E-state index is 10.8. The van der Waals surface area contributed by atoms with Gasteiger partial charge in [-0.1, -0.05) is 12.1 Å². The van der Waals surface area contributed by atoms with Crippen LogP contribution in [0.25, 0.3) is 0 Å². The van der Waals surface area contributed by atoms with Crippen LogP contribution >= 0.6 is 0 Å². The van der Waals surface area contributed by atoms with Gasteiger partial charge in [0.2, 0.25) is 12.6 Å². The summed E-state index contributed by atoms with van der Waals surface area (Å²) in [6.45, 7) is 1.95. The van der Waals surface area contributed by atoms with Crippen LogP contribution < -0.4 is 18.9 Å². The van der Waals surface area contributed by atoms with Gasteiger partial charge in [0, 0.05) is 24.7 Å². The summed E-state index contributed by atoms with van der Waals surface area (Å²) in [7, 11) is 3.06. The van der Waals surface area contributed by atoms with Gasteiger partial charge in [0.15, 0.2) is 0 Å². The Morgan fingerprint density at radius 2 is 1.22 bits per heavy atom. The number of hydrogen-bond acceptors (Lipinski definition) is 15. The second-order valence-electron chi connectivity index (χ2n) is 11.6. The number of ether oxygens (including phenoxy) is 7. The van der Waals surface area contributed by atoms with Crippen molar-refractivity contribution >= 4 is 0 Å². The number of hydrogen-bond donors (Lipinski definition) is 8. The van der Waals surface area contributed by atoms with Crippen LogP contribution in [0.2, 0.25) is 0 Å². The van der Waals surface area contributed by atoms with Gasteiger partial charge in [-0.15, -0.1) is 0 Å². The van der Waals surface area contributed by atoms with Crippen LogP contribution in [0.3, 0.4) is 0 Å². The van der Waals surface area contributed by atoms with E-state index >= 15 is 0 Å². The standard InChI is InChI=1S/C31H42O15/c1-12-27(45-30-25(38)23(36)21(34)18(10-32)43-30)13(2)29(46-31-26(39)24(37)22(35)19(11-33)44-31)20-17(41-4)9-16(42-28(12)20)14-5-7-15(40-3)8-6-14/h5-8,16-19,21-26,30-39H,9-11H2,1-4H3/t16?,17?,18-,19-,21-,22-,23+,24+,25-,26-,30+,31+/m1/s1. The molecule has 2 aromatic carbocycles. The Morgan fingerprint density at radius 1 is 0.696 bits per heavy atom. The summed E-state index contributed by atoms with van der Waals surface area (Å²) >= 11 is 0. The van der Waals surface area contributed by atoms with Crippen molar-refractivity contribution in [3.63, 3.8) is 0 Å². The molecule has 0 aliphatic carbocycles. The molecule has 0 amide bonds. The van der Waals surface area contributed by atoms with E-state index in [1.165, 1.54) is 7.11 Å². The van der Waals surface area contributed by atoms with Crippen molar-refractivity contribution in [2.24, 2.45) is 0 Å². The third kappa shape index (κ3) is 6.25. The monoisotopic (exact) mass is 654 g/mol. The van der Waals surface area contributed by atoms with Gasteiger partial charge in [0.05, 0.1) is 32.0 Å². The molecule has 3 aliphatic heterocycles. The van der Waals surface area contributed by atoms with Crippen LogP contribution in [0.15, 0.2) is 24.3 Å². The molecule has 0 radical (unpaired) electrons. The molecular weight excluding hydrogens is 612 g/mol. The second-order valence-corrected chi connectivity index (χ2v) is 11.6. The topological polar surface area (TPSA) is 226 Å². The van der Waals surface area contributed by atoms with E-state index in [0.29, 0.717) is 28.9 Å². The van der Waals surface area contributed by atoms with Gasteiger partial charge < -0.3 is 74.0 Å². The number of fused-ring (bicyclic) bond motifs is 1. The molecule has 0 bridgehead atoms. The lowest BCUT2D eigenvalue weighted by Crippen LogP contribution is -2.60. The Hall–Kier alpha value is -2.80. The van der Waals surface area contributed by atoms with E-state index in [1.807, 2.05) is 12.1 Å². The normalized spacial score (nSPS) is 36.0. The number of benzene rings is 2. The van der Waals surface area contributed by atoms with Crippen LogP contribution in [0, 0.1) is 13.8 Å². The minimum absolute atomic E-state index is 0.0598. The smallest absolute Gasteiger partial charge is 0.229 e. The van der Waals surface area contributed by atoms with Crippen molar-refractivity contribution in [2.75, 3.05) is 27.4 Å². The quantitative estimate of drug-likeness (QED) is 0.160. The highest BCUT2D eigenvalue weighted by Gasteiger charge is 2.48. The van der Waals surface area contributed by atoms with Gasteiger partial charge in [-0.3, -0.25) is 0 Å². The molecular formula is C31H42O15. The third-order valence-corrected chi connectivity index (χ3v) is 8.80. The van der Waals surface area contributed by atoms with Crippen LogP contribution in [-0.4, -0.2) is 130 Å². The summed E-state index contributed by atoms with van der Waals surface area (Å²) < 4.78 is 41.3. The molecule has 5 rings (SSSR count). The van der Waals surface area contributed by atoms with Gasteiger partial charge in [-0.2, -0.15) is 0 Å². The summed E-state index contributed by atoms with van der Waals surface area (Å²) in [6, 6.07) is 7.28. The zero-order valence-corrected chi connectivity index (χ0v) is 25.8. The average molecular weight is 655 g/mol. The van der Waals surface area contributed by atoms with E-state index in [9.17, 15) is 40.9 Å². The third-order valence-electron chi connectivity index (χ3n) is 8.80. The van der Waals surface area contributed by atoms with Crippen molar-refractivity contribution < 1.29 is 74.0 Å². The first-order chi connectivity index (χ1) is 21.9. The first-order valence-corrected chi connectivity index (χ1v) is 14.9. The molecule has 3 heterocycles. The van der Waals surface area contributed by atoms with Crippen molar-refractivity contribution in [1.82, 2.24) is 0 Å². The first-order valence-electron chi connectivity index (χ1n) is 14.9. The fourth-order valence-electron chi connectivity index (χ4n) is 6.07. The average Bonchev–Trinajstić information content (AvgIpc) is 3.07. The predicted octanol–water partition coefficient (Wildman–Crippen LogP) is -1.12. The molecule has 0 saturated carbocycles. The van der Waals surface area contributed by atoms with Crippen LogP contribution in [0.4, 0.5) is 0 Å². The van der Waals surface area contributed by atoms with Gasteiger partial charge in [0.25, 0.3) is 0 Å². The van der Waals surface area contributed by atoms with Crippen molar-refractivity contribution in [3.8, 4) is 23.0 Å². The Balaban J connectivity index is 1.61. The fraction of sp³-hybridized carbons (Fsp3) is 0.613. The lowest BCUT2D eigenvalue weighted by molar-refractivity contribution is -0.279. The van der Waals surface area contributed by atoms with Gasteiger partial charge >= 0.3 is 0 Å². The van der Waals surface area contributed by atoms with Crippen LogP contribution in [-0.2, 0) is 14.2 Å². The van der Waals surface area contributed by atoms with E-state index in [4.69, 9.17) is 33.2 Å². The fourth-order valence-corrected chi connectivity index (χ4v) is 6.07. The summed E-state index contributed by atoms with van der Waals surface area (Å²) in [5.74, 6) is 1.06. The van der Waals surface area contributed by atoms with E-state index in [-0.39, 0.29) is 17.2 Å². The summed E-state index contributed by atoms with van der Waals surface area (Å²) in [6.07, 6.45) is -16.5. The lowest BCUT2D eigenvalue weighted by atomic mass is 9.90. The van der Waals surface area contributed by atoms with E-state index in [2.05, 4.69) is 0 Å². The number of methoxy groups -OCH3 is 2. The Bertz CT molecular complexity index is 1330. The lowest BCUT2D eigenvalue weighted by Gasteiger charge is -2.42. The van der Waals surface area contributed by atoms with Gasteiger partial charge in [-0.25, -0.2) is 0 Å². The molecule has 256 valence electrons. The molecule has 0 spiro atoms. The summed E-state index contributed by atoms with van der Waals surface area (Å²) in [5, 5.41) is 82.3. The number of rotatable bonds is 9. The Kier molecular flexibility index (Phi) is 10.6. The van der Waals surface area contributed by atoms with Crippen molar-refractivity contribution in [1.29, 1.82) is 0 Å². The molecule has 0 aromatic heterocycles. The molecule has 2 fully saturated rings. The van der Waals surface area contributed by atoms with Crippen LogP contribution in [0.5, 0.6) is 23.0 Å². The van der Waals surface area contributed by atoms with Crippen LogP contribution in [0.1, 0.15) is 40.9 Å². The molecule has 2 unspecified atom stereocenters. The molecule has 12 atom stereocenters. The van der Waals surface area contributed by atoms with E-state index < -0.39 is 86.8 Å². The second kappa shape index (κ2) is 14.1. The molecule has 8 N–H and O–H groups in total. The largest absolute Gasteiger partial charge is 0.497 e. The highest BCUT2D eigenvalue weighted by molar-refractivity contribution is 5.64. The maximum Gasteiger partial charge on any atom is 0.229 e. The molecule has 46 heavy (non-hydrogen) atoms. The van der Waals surface area contributed by atoms with Gasteiger partial charge in [-0.05, 0) is 31.5 Å². The van der Waals surface area contributed by atoms with Crippen molar-refractivity contribution in [3.05, 3.63) is 46.5 Å². The molecule has 2 saturated heterocycles. The Labute approximate surface area is 265 Å². The highest BCUT2D eigenvalue weighted by atomic mass is 16.7. The summed E-state index contributed by atoms with van der Waals surface area (Å²) in [4.78, 5) is 0. The zero-order chi connectivity index (χ0) is 33.4. The van der Waals surface area contributed by atoms with Crippen molar-refractivity contribution in [2.45, 2.75) is 93.9 Å². The molecule has 3 aliphatic rings. The Morgan fingerprint density at radius 3 is 1.70 bits per heavy atom. The molecule has 2 aromatic rings.